The van der Waals surface area contributed by atoms with E-state index in [1.165, 1.54) is 24.4 Å². The van der Waals surface area contributed by atoms with Crippen LogP contribution in [-0.2, 0) is 32.0 Å². The summed E-state index contributed by atoms with van der Waals surface area (Å²) in [4.78, 5) is 30.8. The summed E-state index contributed by atoms with van der Waals surface area (Å²) in [6, 6.07) is 4.22. The number of carbonyl (C=O) groups excluding carboxylic acids is 1. The molecule has 1 amide bonds. The lowest BCUT2D eigenvalue weighted by atomic mass is 9.82. The Kier molecular flexibility index (Phi) is 6.83. The predicted molar refractivity (Wildman–Crippen MR) is 139 cm³/mol. The zero-order valence-corrected chi connectivity index (χ0v) is 23.1. The number of amides is 1. The zero-order valence-electron chi connectivity index (χ0n) is 19.9. The number of nitrogens with one attached hydrogen (secondary N) is 1. The number of carboxylic acid groups (broad SMARTS) is 1. The maximum absolute atomic E-state index is 14.8. The Labute approximate surface area is 230 Å². The SMILES string of the molecule is Cn1cc(-c2ccc(S(=O)(=O)[C@@H]3C[C@@H](C(=O)O)N(C(=O)C4(c5ncc(Br)cc5F)CCN4)C3)c(Cl)c2)cn1. The second-order valence-electron chi connectivity index (χ2n) is 9.33. The Morgan fingerprint density at radius 2 is 2.00 bits per heavy atom. The van der Waals surface area contributed by atoms with Gasteiger partial charge in [0.2, 0.25) is 5.91 Å². The number of aromatic nitrogens is 3. The minimum Gasteiger partial charge on any atom is -0.480 e. The first kappa shape index (κ1) is 26.7. The predicted octanol–water partition coefficient (Wildman–Crippen LogP) is 2.75. The number of aliphatic carboxylic acids is 1. The minimum absolute atomic E-state index is 0.0266. The van der Waals surface area contributed by atoms with E-state index in [9.17, 15) is 27.5 Å². The van der Waals surface area contributed by atoms with E-state index < -0.39 is 44.4 Å². The molecule has 0 radical (unpaired) electrons. The van der Waals surface area contributed by atoms with Gasteiger partial charge in [0.05, 0.1) is 21.4 Å². The fourth-order valence-corrected chi connectivity index (χ4v) is 7.52. The number of carboxylic acids is 1. The molecule has 1 aromatic carbocycles. The van der Waals surface area contributed by atoms with Crippen LogP contribution in [0.3, 0.4) is 0 Å². The van der Waals surface area contributed by atoms with E-state index in [1.54, 1.807) is 30.2 Å². The fourth-order valence-electron chi connectivity index (χ4n) is 4.98. The molecule has 14 heteroatoms. The second-order valence-corrected chi connectivity index (χ2v) is 12.8. The normalized spacial score (nSPS) is 23.3. The largest absolute Gasteiger partial charge is 0.480 e. The quantitative estimate of drug-likeness (QED) is 0.427. The average Bonchev–Trinajstić information content (AvgIpc) is 3.47. The van der Waals surface area contributed by atoms with Crippen molar-refractivity contribution in [1.29, 1.82) is 0 Å². The van der Waals surface area contributed by atoms with Crippen molar-refractivity contribution in [2.24, 2.45) is 7.05 Å². The van der Waals surface area contributed by atoms with E-state index >= 15 is 0 Å². The molecule has 3 atom stereocenters. The van der Waals surface area contributed by atoms with Crippen molar-refractivity contribution in [1.82, 2.24) is 25.0 Å². The molecule has 0 bridgehead atoms. The van der Waals surface area contributed by atoms with Gasteiger partial charge in [-0.3, -0.25) is 19.8 Å². The molecule has 2 aromatic heterocycles. The van der Waals surface area contributed by atoms with E-state index in [0.717, 1.165) is 10.5 Å². The van der Waals surface area contributed by atoms with Crippen LogP contribution in [0.1, 0.15) is 18.5 Å². The number of benzene rings is 1. The second kappa shape index (κ2) is 9.70. The number of nitrogens with zero attached hydrogens (tertiary/aromatic N) is 4. The van der Waals surface area contributed by atoms with E-state index in [-0.39, 0.29) is 35.0 Å². The lowest BCUT2D eigenvalue weighted by Crippen LogP contribution is -2.65. The smallest absolute Gasteiger partial charge is 0.326 e. The maximum atomic E-state index is 14.8. The molecule has 2 aliphatic heterocycles. The molecule has 38 heavy (non-hydrogen) atoms. The van der Waals surface area contributed by atoms with Crippen molar-refractivity contribution in [2.75, 3.05) is 13.1 Å². The first-order valence-corrected chi connectivity index (χ1v) is 14.3. The third kappa shape index (κ3) is 4.40. The molecule has 2 fully saturated rings. The molecule has 10 nitrogen and oxygen atoms in total. The zero-order chi connectivity index (χ0) is 27.4. The monoisotopic (exact) mass is 625 g/mol. The molecule has 0 saturated carbocycles. The van der Waals surface area contributed by atoms with Crippen LogP contribution in [0.2, 0.25) is 5.02 Å². The standard InChI is InChI=1S/C24H22BrClFN5O5S/c1-31-11-14(9-30-31)13-2-3-20(17(26)6-13)38(36,37)16-8-19(22(33)34)32(12-16)23(35)24(4-5-29-24)21-18(27)7-15(25)10-28-21/h2-3,6-7,9-11,16,19,29H,4-5,8,12H2,1H3,(H,33,34)/t16-,19+,24?/m1/s1. The number of hydrogen-bond donors (Lipinski definition) is 2. The lowest BCUT2D eigenvalue weighted by molar-refractivity contribution is -0.153. The van der Waals surface area contributed by atoms with E-state index in [4.69, 9.17) is 11.6 Å². The Morgan fingerprint density at radius 1 is 1.26 bits per heavy atom. The molecule has 3 aromatic rings. The van der Waals surface area contributed by atoms with Gasteiger partial charge in [0, 0.05) is 36.0 Å². The molecule has 5 rings (SSSR count). The van der Waals surface area contributed by atoms with Crippen molar-refractivity contribution < 1.29 is 27.5 Å². The van der Waals surface area contributed by atoms with Gasteiger partial charge in [0.15, 0.2) is 9.84 Å². The van der Waals surface area contributed by atoms with Crippen LogP contribution in [0, 0.1) is 5.82 Å². The van der Waals surface area contributed by atoms with Gasteiger partial charge in [-0.15, -0.1) is 0 Å². The van der Waals surface area contributed by atoms with Crippen LogP contribution in [0.4, 0.5) is 4.39 Å². The van der Waals surface area contributed by atoms with E-state index in [2.05, 4.69) is 31.3 Å². The van der Waals surface area contributed by atoms with Crippen molar-refractivity contribution >= 4 is 49.2 Å². The van der Waals surface area contributed by atoms with Crippen LogP contribution >= 0.6 is 27.5 Å². The molecule has 200 valence electrons. The fraction of sp³-hybridized carbons (Fsp3) is 0.333. The molecular formula is C24H22BrClFN5O5S. The van der Waals surface area contributed by atoms with Crippen LogP contribution in [0.15, 0.2) is 52.2 Å². The Bertz CT molecular complexity index is 1560. The highest BCUT2D eigenvalue weighted by Crippen LogP contribution is 2.39. The van der Waals surface area contributed by atoms with Gasteiger partial charge in [-0.05, 0) is 59.1 Å². The minimum atomic E-state index is -4.13. The summed E-state index contributed by atoms with van der Waals surface area (Å²) in [6.45, 7) is -0.00445. The Hall–Kier alpha value is -2.87. The Balaban J connectivity index is 1.46. The van der Waals surface area contributed by atoms with Crippen LogP contribution in [0.5, 0.6) is 0 Å². The third-order valence-electron chi connectivity index (χ3n) is 7.03. The first-order chi connectivity index (χ1) is 17.9. The highest BCUT2D eigenvalue weighted by Gasteiger charge is 2.55. The van der Waals surface area contributed by atoms with E-state index in [1.807, 2.05) is 0 Å². The van der Waals surface area contributed by atoms with Crippen molar-refractivity contribution in [3.8, 4) is 11.1 Å². The van der Waals surface area contributed by atoms with Gasteiger partial charge in [-0.25, -0.2) is 17.6 Å². The van der Waals surface area contributed by atoms with Crippen LogP contribution < -0.4 is 5.32 Å². The summed E-state index contributed by atoms with van der Waals surface area (Å²) in [5.41, 5.74) is -0.341. The molecule has 2 aliphatic rings. The van der Waals surface area contributed by atoms with Crippen molar-refractivity contribution in [2.45, 2.75) is 34.6 Å². The van der Waals surface area contributed by atoms with Crippen molar-refractivity contribution in [3.05, 3.63) is 63.9 Å². The van der Waals surface area contributed by atoms with Gasteiger partial charge >= 0.3 is 5.97 Å². The number of carbonyl (C=O) groups is 2. The summed E-state index contributed by atoms with van der Waals surface area (Å²) in [6.07, 6.45) is 4.56. The summed E-state index contributed by atoms with van der Waals surface area (Å²) in [5, 5.41) is 15.6. The summed E-state index contributed by atoms with van der Waals surface area (Å²) in [7, 11) is -2.38. The summed E-state index contributed by atoms with van der Waals surface area (Å²) in [5.74, 6) is -2.83. The van der Waals surface area contributed by atoms with Gasteiger partial charge in [0.1, 0.15) is 23.1 Å². The molecule has 0 spiro atoms. The highest BCUT2D eigenvalue weighted by molar-refractivity contribution is 9.10. The topological polar surface area (TPSA) is 134 Å². The first-order valence-electron chi connectivity index (χ1n) is 11.6. The van der Waals surface area contributed by atoms with E-state index in [0.29, 0.717) is 16.6 Å². The molecule has 2 N–H and O–H groups in total. The number of rotatable bonds is 6. The molecule has 2 saturated heterocycles. The number of halogens is 3. The van der Waals surface area contributed by atoms with Crippen LogP contribution in [0.25, 0.3) is 11.1 Å². The number of pyridine rings is 1. The number of hydrogen-bond acceptors (Lipinski definition) is 7. The molecular weight excluding hydrogens is 605 g/mol. The van der Waals surface area contributed by atoms with Crippen LogP contribution in [-0.4, -0.2) is 69.4 Å². The number of aryl methyl sites for hydroxylation is 1. The van der Waals surface area contributed by atoms with Gasteiger partial charge in [0.25, 0.3) is 0 Å². The highest BCUT2D eigenvalue weighted by atomic mass is 79.9. The number of likely N-dealkylation sites (tertiary alicyclic amines) is 1. The van der Waals surface area contributed by atoms with Crippen molar-refractivity contribution in [3.63, 3.8) is 0 Å². The maximum Gasteiger partial charge on any atom is 0.326 e. The summed E-state index contributed by atoms with van der Waals surface area (Å²) >= 11 is 9.53. The number of sulfone groups is 1. The summed E-state index contributed by atoms with van der Waals surface area (Å²) < 4.78 is 44.0. The molecule has 4 heterocycles. The lowest BCUT2D eigenvalue weighted by Gasteiger charge is -2.44. The van der Waals surface area contributed by atoms with Gasteiger partial charge < -0.3 is 10.0 Å². The molecule has 0 aliphatic carbocycles. The average molecular weight is 627 g/mol. The third-order valence-corrected chi connectivity index (χ3v) is 10.1. The Morgan fingerprint density at radius 3 is 2.55 bits per heavy atom. The van der Waals surface area contributed by atoms with Gasteiger partial charge in [-0.1, -0.05) is 17.7 Å². The molecule has 1 unspecified atom stereocenters. The van der Waals surface area contributed by atoms with Gasteiger partial charge in [-0.2, -0.15) is 5.10 Å².